The molecule has 0 aliphatic carbocycles. The maximum atomic E-state index is 12.4. The first-order valence-electron chi connectivity index (χ1n) is 11.0. The SMILES string of the molecule is CCCCN(CC)Cc1cccc(CNC(=O)CC2CC3CCC(C2)N3)c1. The first kappa shape index (κ1) is 20.3. The molecule has 0 aromatic heterocycles. The summed E-state index contributed by atoms with van der Waals surface area (Å²) in [7, 11) is 0. The first-order chi connectivity index (χ1) is 13.2. The molecule has 2 bridgehead atoms. The second-order valence-electron chi connectivity index (χ2n) is 8.50. The predicted octanol–water partition coefficient (Wildman–Crippen LogP) is 3.85. The van der Waals surface area contributed by atoms with Crippen molar-refractivity contribution >= 4 is 5.91 Å². The van der Waals surface area contributed by atoms with E-state index in [1.807, 2.05) is 0 Å². The summed E-state index contributed by atoms with van der Waals surface area (Å²) in [5, 5.41) is 6.81. The summed E-state index contributed by atoms with van der Waals surface area (Å²) in [5.41, 5.74) is 2.55. The van der Waals surface area contributed by atoms with E-state index in [1.165, 1.54) is 49.7 Å². The number of benzene rings is 1. The smallest absolute Gasteiger partial charge is 0.220 e. The maximum absolute atomic E-state index is 12.4. The number of fused-ring (bicyclic) bond motifs is 2. The van der Waals surface area contributed by atoms with E-state index in [9.17, 15) is 4.79 Å². The van der Waals surface area contributed by atoms with Gasteiger partial charge >= 0.3 is 0 Å². The van der Waals surface area contributed by atoms with Crippen LogP contribution in [0, 0.1) is 5.92 Å². The monoisotopic (exact) mass is 371 g/mol. The van der Waals surface area contributed by atoms with E-state index in [4.69, 9.17) is 0 Å². The fourth-order valence-electron chi connectivity index (χ4n) is 4.70. The van der Waals surface area contributed by atoms with Crippen LogP contribution in [0.4, 0.5) is 0 Å². The number of hydrogen-bond donors (Lipinski definition) is 2. The Morgan fingerprint density at radius 2 is 1.93 bits per heavy atom. The summed E-state index contributed by atoms with van der Waals surface area (Å²) in [5.74, 6) is 0.775. The van der Waals surface area contributed by atoms with Crippen molar-refractivity contribution in [3.63, 3.8) is 0 Å². The summed E-state index contributed by atoms with van der Waals surface area (Å²) in [4.78, 5) is 14.9. The highest BCUT2D eigenvalue weighted by molar-refractivity contribution is 5.76. The highest BCUT2D eigenvalue weighted by Crippen LogP contribution is 2.32. The van der Waals surface area contributed by atoms with Gasteiger partial charge in [-0.15, -0.1) is 0 Å². The van der Waals surface area contributed by atoms with Crippen molar-refractivity contribution in [2.24, 2.45) is 5.92 Å². The third-order valence-electron chi connectivity index (χ3n) is 6.21. The lowest BCUT2D eigenvalue weighted by Gasteiger charge is -2.28. The second-order valence-corrected chi connectivity index (χ2v) is 8.50. The van der Waals surface area contributed by atoms with Crippen LogP contribution < -0.4 is 10.6 Å². The van der Waals surface area contributed by atoms with E-state index in [0.717, 1.165) is 19.6 Å². The fourth-order valence-corrected chi connectivity index (χ4v) is 4.70. The molecule has 4 nitrogen and oxygen atoms in total. The Hall–Kier alpha value is -1.39. The third kappa shape index (κ3) is 6.32. The summed E-state index contributed by atoms with van der Waals surface area (Å²) in [6, 6.07) is 10.0. The number of hydrogen-bond acceptors (Lipinski definition) is 3. The minimum absolute atomic E-state index is 0.213. The quantitative estimate of drug-likeness (QED) is 0.657. The van der Waals surface area contributed by atoms with Crippen molar-refractivity contribution in [3.05, 3.63) is 35.4 Å². The normalized spacial score (nSPS) is 24.3. The Bertz CT molecular complexity index is 591. The lowest BCUT2D eigenvalue weighted by Crippen LogP contribution is -2.39. The van der Waals surface area contributed by atoms with E-state index in [1.54, 1.807) is 0 Å². The van der Waals surface area contributed by atoms with Crippen molar-refractivity contribution < 1.29 is 4.79 Å². The van der Waals surface area contributed by atoms with Crippen LogP contribution in [0.2, 0.25) is 0 Å². The highest BCUT2D eigenvalue weighted by Gasteiger charge is 2.34. The van der Waals surface area contributed by atoms with Crippen LogP contribution in [0.3, 0.4) is 0 Å². The molecule has 27 heavy (non-hydrogen) atoms. The lowest BCUT2D eigenvalue weighted by molar-refractivity contribution is -0.122. The Balaban J connectivity index is 1.44. The molecule has 2 unspecified atom stereocenters. The molecule has 2 fully saturated rings. The molecule has 2 aliphatic rings. The minimum atomic E-state index is 0.213. The number of piperidine rings is 1. The minimum Gasteiger partial charge on any atom is -0.352 e. The Kier molecular flexibility index (Phi) is 7.71. The van der Waals surface area contributed by atoms with Crippen molar-refractivity contribution in [2.45, 2.75) is 84.0 Å². The Morgan fingerprint density at radius 1 is 1.19 bits per heavy atom. The molecular formula is C23H37N3O. The van der Waals surface area contributed by atoms with Crippen molar-refractivity contribution in [1.29, 1.82) is 0 Å². The molecule has 2 atom stereocenters. The number of nitrogens with one attached hydrogen (secondary N) is 2. The summed E-state index contributed by atoms with van der Waals surface area (Å²) in [6.07, 6.45) is 8.11. The molecule has 1 aromatic rings. The van der Waals surface area contributed by atoms with E-state index in [-0.39, 0.29) is 5.91 Å². The van der Waals surface area contributed by atoms with Crippen LogP contribution in [-0.2, 0) is 17.9 Å². The molecule has 0 saturated carbocycles. The van der Waals surface area contributed by atoms with Gasteiger partial charge in [0.15, 0.2) is 0 Å². The van der Waals surface area contributed by atoms with E-state index in [0.29, 0.717) is 31.0 Å². The number of carbonyl (C=O) groups excluding carboxylic acids is 1. The van der Waals surface area contributed by atoms with Crippen molar-refractivity contribution in [1.82, 2.24) is 15.5 Å². The van der Waals surface area contributed by atoms with Gasteiger partial charge in [0.05, 0.1) is 0 Å². The van der Waals surface area contributed by atoms with Gasteiger partial charge in [-0.3, -0.25) is 9.69 Å². The first-order valence-corrected chi connectivity index (χ1v) is 11.0. The number of amides is 1. The number of carbonyl (C=O) groups is 1. The van der Waals surface area contributed by atoms with Gasteiger partial charge in [-0.05, 0) is 62.2 Å². The molecule has 150 valence electrons. The zero-order valence-electron chi connectivity index (χ0n) is 17.2. The second kappa shape index (κ2) is 10.2. The van der Waals surface area contributed by atoms with Crippen LogP contribution in [0.1, 0.15) is 69.9 Å². The molecule has 3 rings (SSSR count). The van der Waals surface area contributed by atoms with Gasteiger partial charge in [0.25, 0.3) is 0 Å². The van der Waals surface area contributed by atoms with E-state index < -0.39 is 0 Å². The molecule has 2 heterocycles. The largest absolute Gasteiger partial charge is 0.352 e. The van der Waals surface area contributed by atoms with E-state index in [2.05, 4.69) is 53.6 Å². The number of nitrogens with zero attached hydrogens (tertiary/aromatic N) is 1. The molecule has 2 saturated heterocycles. The maximum Gasteiger partial charge on any atom is 0.220 e. The molecule has 1 aromatic carbocycles. The van der Waals surface area contributed by atoms with Gasteiger partial charge in [-0.25, -0.2) is 0 Å². The standard InChI is InChI=1S/C23H37N3O/c1-3-5-11-26(4-2)17-19-8-6-7-18(12-19)16-24-23(27)15-20-13-21-9-10-22(14-20)25-21/h6-8,12,20-22,25H,3-5,9-11,13-17H2,1-2H3,(H,24,27). The van der Waals surface area contributed by atoms with Gasteiger partial charge in [0, 0.05) is 31.6 Å². The molecular weight excluding hydrogens is 334 g/mol. The van der Waals surface area contributed by atoms with Crippen LogP contribution in [-0.4, -0.2) is 36.0 Å². The van der Waals surface area contributed by atoms with Crippen molar-refractivity contribution in [2.75, 3.05) is 13.1 Å². The topological polar surface area (TPSA) is 44.4 Å². The van der Waals surface area contributed by atoms with Crippen LogP contribution in [0.25, 0.3) is 0 Å². The summed E-state index contributed by atoms with van der Waals surface area (Å²) >= 11 is 0. The molecule has 0 radical (unpaired) electrons. The molecule has 0 spiro atoms. The van der Waals surface area contributed by atoms with E-state index >= 15 is 0 Å². The zero-order valence-corrected chi connectivity index (χ0v) is 17.2. The van der Waals surface area contributed by atoms with Gasteiger partial charge in [-0.2, -0.15) is 0 Å². The average Bonchev–Trinajstić information content (AvgIpc) is 3.02. The lowest BCUT2D eigenvalue weighted by atomic mass is 9.89. The molecule has 2 aliphatic heterocycles. The summed E-state index contributed by atoms with van der Waals surface area (Å²) in [6.45, 7) is 8.35. The average molecular weight is 372 g/mol. The highest BCUT2D eigenvalue weighted by atomic mass is 16.1. The van der Waals surface area contributed by atoms with Gasteiger partial charge in [0.2, 0.25) is 5.91 Å². The predicted molar refractivity (Wildman–Crippen MR) is 111 cm³/mol. The Morgan fingerprint density at radius 3 is 2.63 bits per heavy atom. The van der Waals surface area contributed by atoms with Crippen LogP contribution in [0.5, 0.6) is 0 Å². The van der Waals surface area contributed by atoms with Gasteiger partial charge < -0.3 is 10.6 Å². The van der Waals surface area contributed by atoms with Crippen LogP contribution >= 0.6 is 0 Å². The number of rotatable bonds is 10. The summed E-state index contributed by atoms with van der Waals surface area (Å²) < 4.78 is 0. The molecule has 4 heteroatoms. The van der Waals surface area contributed by atoms with Gasteiger partial charge in [0.1, 0.15) is 0 Å². The third-order valence-corrected chi connectivity index (χ3v) is 6.21. The molecule has 1 amide bonds. The van der Waals surface area contributed by atoms with Crippen molar-refractivity contribution in [3.8, 4) is 0 Å². The Labute approximate surface area is 165 Å². The number of unbranched alkanes of at least 4 members (excludes halogenated alkanes) is 1. The zero-order chi connectivity index (χ0) is 19.1. The fraction of sp³-hybridized carbons (Fsp3) is 0.696. The van der Waals surface area contributed by atoms with Gasteiger partial charge in [-0.1, -0.05) is 44.5 Å². The van der Waals surface area contributed by atoms with Crippen LogP contribution in [0.15, 0.2) is 24.3 Å². The molecule has 2 N–H and O–H groups in total.